The molecule has 1 aromatic carbocycles. The van der Waals surface area contributed by atoms with E-state index in [1.165, 1.54) is 5.56 Å². The summed E-state index contributed by atoms with van der Waals surface area (Å²) in [6.45, 7) is 5.00. The summed E-state index contributed by atoms with van der Waals surface area (Å²) in [6, 6.07) is 10.5. The molecule has 1 atom stereocenters. The summed E-state index contributed by atoms with van der Waals surface area (Å²) >= 11 is 0. The molecule has 1 heterocycles. The fourth-order valence-electron chi connectivity index (χ4n) is 1.67. The summed E-state index contributed by atoms with van der Waals surface area (Å²) in [4.78, 5) is 4.30. The van der Waals surface area contributed by atoms with E-state index in [-0.39, 0.29) is 0 Å². The second-order valence-corrected chi connectivity index (χ2v) is 3.85. The van der Waals surface area contributed by atoms with Crippen LogP contribution in [0.15, 0.2) is 35.3 Å². The van der Waals surface area contributed by atoms with E-state index >= 15 is 0 Å². The fraction of sp³-hybridized carbons (Fsp3) is 0.417. The van der Waals surface area contributed by atoms with Gasteiger partial charge in [0.1, 0.15) is 0 Å². The van der Waals surface area contributed by atoms with E-state index in [1.807, 2.05) is 6.07 Å². The van der Waals surface area contributed by atoms with Gasteiger partial charge in [-0.15, -0.1) is 0 Å². The Morgan fingerprint density at radius 3 is 2.87 bits per heavy atom. The highest BCUT2D eigenvalue weighted by molar-refractivity contribution is 5.81. The van der Waals surface area contributed by atoms with Crippen molar-refractivity contribution >= 4 is 5.96 Å². The lowest BCUT2D eigenvalue weighted by Crippen LogP contribution is -2.35. The average molecular weight is 203 g/mol. The summed E-state index contributed by atoms with van der Waals surface area (Å²) in [5, 5.41) is 6.52. The first-order valence-electron chi connectivity index (χ1n) is 5.43. The Labute approximate surface area is 90.6 Å². The van der Waals surface area contributed by atoms with Gasteiger partial charge in [-0.2, -0.15) is 0 Å². The van der Waals surface area contributed by atoms with Crippen LogP contribution in [0.5, 0.6) is 0 Å². The molecule has 2 N–H and O–H groups in total. The van der Waals surface area contributed by atoms with Crippen LogP contribution in [0.3, 0.4) is 0 Å². The zero-order chi connectivity index (χ0) is 10.5. The largest absolute Gasteiger partial charge is 0.356 e. The molecule has 0 saturated heterocycles. The van der Waals surface area contributed by atoms with Gasteiger partial charge in [-0.3, -0.25) is 4.99 Å². The molecule has 1 aliphatic heterocycles. The van der Waals surface area contributed by atoms with Crippen LogP contribution in [-0.4, -0.2) is 25.6 Å². The maximum atomic E-state index is 4.30. The van der Waals surface area contributed by atoms with E-state index < -0.39 is 0 Å². The molecule has 3 nitrogen and oxygen atoms in total. The normalized spacial score (nSPS) is 16.7. The third kappa shape index (κ3) is 2.72. The number of hydrogen-bond acceptors (Lipinski definition) is 3. The van der Waals surface area contributed by atoms with E-state index in [2.05, 4.69) is 46.8 Å². The molecule has 0 aliphatic carbocycles. The lowest BCUT2D eigenvalue weighted by atomic mass is 10.0. The van der Waals surface area contributed by atoms with Crippen molar-refractivity contribution < 1.29 is 0 Å². The van der Waals surface area contributed by atoms with Crippen LogP contribution >= 0.6 is 0 Å². The van der Waals surface area contributed by atoms with Crippen molar-refractivity contribution in [1.29, 1.82) is 0 Å². The highest BCUT2D eigenvalue weighted by atomic mass is 15.2. The highest BCUT2D eigenvalue weighted by Crippen LogP contribution is 2.12. The molecule has 0 saturated carbocycles. The van der Waals surface area contributed by atoms with Crippen molar-refractivity contribution in [2.24, 2.45) is 4.99 Å². The molecular weight excluding hydrogens is 186 g/mol. The minimum atomic E-state index is 0.510. The van der Waals surface area contributed by atoms with Gasteiger partial charge in [-0.1, -0.05) is 37.3 Å². The van der Waals surface area contributed by atoms with Gasteiger partial charge in [0.2, 0.25) is 0 Å². The molecule has 0 amide bonds. The van der Waals surface area contributed by atoms with E-state index in [0.717, 1.165) is 25.6 Å². The van der Waals surface area contributed by atoms with Gasteiger partial charge in [0.25, 0.3) is 0 Å². The zero-order valence-corrected chi connectivity index (χ0v) is 9.03. The smallest absolute Gasteiger partial charge is 0.191 e. The molecule has 0 radical (unpaired) electrons. The second-order valence-electron chi connectivity index (χ2n) is 3.85. The monoisotopic (exact) mass is 203 g/mol. The summed E-state index contributed by atoms with van der Waals surface area (Å²) in [6.07, 6.45) is 0. The van der Waals surface area contributed by atoms with Crippen LogP contribution in [0.1, 0.15) is 18.4 Å². The van der Waals surface area contributed by atoms with Crippen LogP contribution in [0.25, 0.3) is 0 Å². The third-order valence-corrected chi connectivity index (χ3v) is 2.62. The predicted octanol–water partition coefficient (Wildman–Crippen LogP) is 1.34. The van der Waals surface area contributed by atoms with Gasteiger partial charge in [0.05, 0.1) is 6.54 Å². The summed E-state index contributed by atoms with van der Waals surface area (Å²) in [5.74, 6) is 1.45. The Morgan fingerprint density at radius 1 is 1.40 bits per heavy atom. The number of nitrogens with one attached hydrogen (secondary N) is 2. The van der Waals surface area contributed by atoms with Gasteiger partial charge in [-0.05, 0) is 11.5 Å². The van der Waals surface area contributed by atoms with Crippen molar-refractivity contribution in [1.82, 2.24) is 10.6 Å². The number of guanidine groups is 1. The molecule has 1 aliphatic rings. The van der Waals surface area contributed by atoms with Gasteiger partial charge >= 0.3 is 0 Å². The number of hydrogen-bond donors (Lipinski definition) is 2. The van der Waals surface area contributed by atoms with Crippen LogP contribution in [0.2, 0.25) is 0 Å². The molecule has 0 bridgehead atoms. The van der Waals surface area contributed by atoms with Crippen LogP contribution in [-0.2, 0) is 0 Å². The van der Waals surface area contributed by atoms with Crippen molar-refractivity contribution in [3.63, 3.8) is 0 Å². The van der Waals surface area contributed by atoms with Crippen LogP contribution in [0.4, 0.5) is 0 Å². The maximum absolute atomic E-state index is 4.30. The van der Waals surface area contributed by atoms with E-state index in [1.54, 1.807) is 0 Å². The number of nitrogens with zero attached hydrogens (tertiary/aromatic N) is 1. The second kappa shape index (κ2) is 4.82. The number of aliphatic imine (C=N–C) groups is 1. The molecule has 3 heteroatoms. The molecular formula is C12H17N3. The van der Waals surface area contributed by atoms with Crippen molar-refractivity contribution in [3.8, 4) is 0 Å². The summed E-state index contributed by atoms with van der Waals surface area (Å²) in [7, 11) is 0. The van der Waals surface area contributed by atoms with Crippen LogP contribution in [0, 0.1) is 0 Å². The fourth-order valence-corrected chi connectivity index (χ4v) is 1.67. The minimum absolute atomic E-state index is 0.510. The first kappa shape index (κ1) is 10.0. The van der Waals surface area contributed by atoms with Crippen molar-refractivity contribution in [3.05, 3.63) is 35.9 Å². The first-order valence-corrected chi connectivity index (χ1v) is 5.43. The molecule has 1 aromatic rings. The molecule has 1 unspecified atom stereocenters. The minimum Gasteiger partial charge on any atom is -0.356 e. The van der Waals surface area contributed by atoms with Crippen molar-refractivity contribution in [2.45, 2.75) is 12.8 Å². The van der Waals surface area contributed by atoms with Gasteiger partial charge < -0.3 is 10.6 Å². The highest BCUT2D eigenvalue weighted by Gasteiger charge is 2.07. The average Bonchev–Trinajstić information content (AvgIpc) is 2.80. The summed E-state index contributed by atoms with van der Waals surface area (Å²) in [5.41, 5.74) is 1.36. The first-order chi connectivity index (χ1) is 7.36. The predicted molar refractivity (Wildman–Crippen MR) is 63.2 cm³/mol. The molecule has 80 valence electrons. The Kier molecular flexibility index (Phi) is 3.22. The van der Waals surface area contributed by atoms with E-state index in [9.17, 15) is 0 Å². The van der Waals surface area contributed by atoms with Gasteiger partial charge in [0.15, 0.2) is 5.96 Å². The van der Waals surface area contributed by atoms with E-state index in [0.29, 0.717) is 5.92 Å². The molecule has 0 aromatic heterocycles. The molecule has 2 rings (SSSR count). The maximum Gasteiger partial charge on any atom is 0.191 e. The number of rotatable bonds is 3. The molecule has 0 spiro atoms. The standard InChI is InChI=1S/C12H17N3/c1-10(11-5-3-2-4-6-11)9-15-12-13-7-8-14-12/h2-6,10H,7-9H2,1H3,(H2,13,14,15). The topological polar surface area (TPSA) is 36.4 Å². The zero-order valence-electron chi connectivity index (χ0n) is 9.03. The van der Waals surface area contributed by atoms with Gasteiger partial charge in [0, 0.05) is 13.1 Å². The third-order valence-electron chi connectivity index (χ3n) is 2.62. The van der Waals surface area contributed by atoms with Crippen molar-refractivity contribution in [2.75, 3.05) is 19.6 Å². The SMILES string of the molecule is CC(CNC1=NCCN1)c1ccccc1. The Hall–Kier alpha value is -1.51. The summed E-state index contributed by atoms with van der Waals surface area (Å²) < 4.78 is 0. The Bertz CT molecular complexity index is 332. The lowest BCUT2D eigenvalue weighted by Gasteiger charge is -2.13. The van der Waals surface area contributed by atoms with Gasteiger partial charge in [-0.25, -0.2) is 0 Å². The molecule has 0 fully saturated rings. The number of benzene rings is 1. The van der Waals surface area contributed by atoms with E-state index in [4.69, 9.17) is 0 Å². The lowest BCUT2D eigenvalue weighted by molar-refractivity contribution is 0.711. The Balaban J connectivity index is 1.84. The Morgan fingerprint density at radius 2 is 2.20 bits per heavy atom. The van der Waals surface area contributed by atoms with Crippen LogP contribution < -0.4 is 10.6 Å². The quantitative estimate of drug-likeness (QED) is 0.777. The molecule has 15 heavy (non-hydrogen) atoms.